The number of hydrogen-bond donors (Lipinski definition) is 1. The van der Waals surface area contributed by atoms with Gasteiger partial charge in [0.1, 0.15) is 11.5 Å². The Hall–Kier alpha value is -2.94. The zero-order chi connectivity index (χ0) is 19.1. The van der Waals surface area contributed by atoms with Crippen LogP contribution in [0.2, 0.25) is 0 Å². The van der Waals surface area contributed by atoms with E-state index in [-0.39, 0.29) is 5.92 Å². The normalized spacial score (nSPS) is 11.5. The van der Waals surface area contributed by atoms with Crippen LogP contribution in [0.3, 0.4) is 0 Å². The Morgan fingerprint density at radius 1 is 1.15 bits per heavy atom. The minimum Gasteiger partial charge on any atom is -0.497 e. The maximum Gasteiger partial charge on any atom is 0.235 e. The van der Waals surface area contributed by atoms with Crippen molar-refractivity contribution in [3.05, 3.63) is 29.6 Å². The molecule has 0 atom stereocenters. The first-order valence-electron chi connectivity index (χ1n) is 8.53. The molecule has 0 amide bonds. The summed E-state index contributed by atoms with van der Waals surface area (Å²) in [6.45, 7) is 6.17. The van der Waals surface area contributed by atoms with Crippen LogP contribution < -0.4 is 9.47 Å². The van der Waals surface area contributed by atoms with Crippen LogP contribution in [-0.4, -0.2) is 44.2 Å². The third-order valence-electron chi connectivity index (χ3n) is 4.42. The molecule has 0 saturated heterocycles. The quantitative estimate of drug-likeness (QED) is 0.564. The van der Waals surface area contributed by atoms with Gasteiger partial charge in [0.15, 0.2) is 10.8 Å². The number of nitrogens with zero attached hydrogens (tertiary/aromatic N) is 5. The number of aromatic amines is 1. The highest BCUT2D eigenvalue weighted by Gasteiger charge is 2.21. The van der Waals surface area contributed by atoms with Gasteiger partial charge in [-0.05, 0) is 19.1 Å². The number of ether oxygens (including phenoxy) is 2. The van der Waals surface area contributed by atoms with Crippen molar-refractivity contribution in [3.8, 4) is 33.5 Å². The number of rotatable bonds is 5. The molecule has 4 aromatic rings. The number of methoxy groups -OCH3 is 2. The van der Waals surface area contributed by atoms with Gasteiger partial charge in [0.2, 0.25) is 4.96 Å². The predicted octanol–water partition coefficient (Wildman–Crippen LogP) is 3.69. The third-order valence-corrected chi connectivity index (χ3v) is 5.34. The highest BCUT2D eigenvalue weighted by molar-refractivity contribution is 7.19. The van der Waals surface area contributed by atoms with E-state index in [4.69, 9.17) is 9.47 Å². The molecule has 0 spiro atoms. The highest BCUT2D eigenvalue weighted by Crippen LogP contribution is 2.37. The van der Waals surface area contributed by atoms with Crippen molar-refractivity contribution in [2.45, 2.75) is 26.7 Å². The van der Waals surface area contributed by atoms with Crippen molar-refractivity contribution in [1.82, 2.24) is 30.0 Å². The van der Waals surface area contributed by atoms with Crippen LogP contribution in [0.1, 0.15) is 31.2 Å². The SMILES string of the molecule is COc1ccc(-c2n[nH]c(-c3nn4c(C(C)C)nnc4s3)c2C)c(OC)c1. The minimum atomic E-state index is 0.247. The number of aromatic nitrogens is 6. The molecule has 1 aromatic carbocycles. The Morgan fingerprint density at radius 3 is 2.67 bits per heavy atom. The van der Waals surface area contributed by atoms with Gasteiger partial charge in [-0.25, -0.2) is 0 Å². The van der Waals surface area contributed by atoms with Crippen molar-refractivity contribution in [1.29, 1.82) is 0 Å². The average Bonchev–Trinajstić information content (AvgIpc) is 3.34. The average molecular weight is 384 g/mol. The molecule has 0 fully saturated rings. The molecule has 0 saturated carbocycles. The zero-order valence-electron chi connectivity index (χ0n) is 15.8. The lowest BCUT2D eigenvalue weighted by atomic mass is 10.1. The van der Waals surface area contributed by atoms with Gasteiger partial charge in [0.25, 0.3) is 0 Å². The first-order chi connectivity index (χ1) is 13.0. The van der Waals surface area contributed by atoms with Crippen molar-refractivity contribution in [3.63, 3.8) is 0 Å². The summed E-state index contributed by atoms with van der Waals surface area (Å²) in [5.41, 5.74) is 3.58. The van der Waals surface area contributed by atoms with E-state index in [1.807, 2.05) is 25.1 Å². The van der Waals surface area contributed by atoms with E-state index >= 15 is 0 Å². The summed E-state index contributed by atoms with van der Waals surface area (Å²) in [4.78, 5) is 0.770. The summed E-state index contributed by atoms with van der Waals surface area (Å²) in [6.07, 6.45) is 0. The smallest absolute Gasteiger partial charge is 0.235 e. The van der Waals surface area contributed by atoms with Crippen LogP contribution >= 0.6 is 11.3 Å². The van der Waals surface area contributed by atoms with Crippen molar-refractivity contribution in [2.24, 2.45) is 0 Å². The molecule has 9 heteroatoms. The Morgan fingerprint density at radius 2 is 1.96 bits per heavy atom. The van der Waals surface area contributed by atoms with E-state index in [2.05, 4.69) is 39.3 Å². The Bertz CT molecular complexity index is 1110. The molecule has 0 aliphatic carbocycles. The van der Waals surface area contributed by atoms with Gasteiger partial charge >= 0.3 is 0 Å². The van der Waals surface area contributed by atoms with Crippen LogP contribution in [0.5, 0.6) is 11.5 Å². The standard InChI is InChI=1S/C18H20N6O2S/c1-9(2)16-21-22-18-24(16)23-17(27-18)15-10(3)14(19-20-15)12-7-6-11(25-4)8-13(12)26-5/h6-9H,1-5H3,(H,19,20). The maximum atomic E-state index is 5.52. The molecule has 140 valence electrons. The molecule has 0 aliphatic rings. The van der Waals surface area contributed by atoms with Crippen LogP contribution in [0.4, 0.5) is 0 Å². The van der Waals surface area contributed by atoms with E-state index < -0.39 is 0 Å². The maximum absolute atomic E-state index is 5.52. The summed E-state index contributed by atoms with van der Waals surface area (Å²) >= 11 is 1.48. The Kier molecular flexibility index (Phi) is 4.31. The fourth-order valence-corrected chi connectivity index (χ4v) is 3.85. The molecule has 0 bridgehead atoms. The fraction of sp³-hybridized carbons (Fsp3) is 0.333. The molecule has 27 heavy (non-hydrogen) atoms. The van der Waals surface area contributed by atoms with Crippen molar-refractivity contribution >= 4 is 16.3 Å². The number of nitrogens with one attached hydrogen (secondary N) is 1. The van der Waals surface area contributed by atoms with Gasteiger partial charge in [-0.3, -0.25) is 5.10 Å². The summed E-state index contributed by atoms with van der Waals surface area (Å²) in [5, 5.41) is 21.6. The third kappa shape index (κ3) is 2.84. The largest absolute Gasteiger partial charge is 0.497 e. The lowest BCUT2D eigenvalue weighted by Crippen LogP contribution is -1.98. The van der Waals surface area contributed by atoms with Gasteiger partial charge in [0.05, 0.1) is 25.6 Å². The van der Waals surface area contributed by atoms with E-state index in [1.165, 1.54) is 11.3 Å². The molecule has 1 N–H and O–H groups in total. The predicted molar refractivity (Wildman–Crippen MR) is 104 cm³/mol. The lowest BCUT2D eigenvalue weighted by molar-refractivity contribution is 0.395. The summed E-state index contributed by atoms with van der Waals surface area (Å²) < 4.78 is 12.6. The van der Waals surface area contributed by atoms with Crippen LogP contribution in [-0.2, 0) is 0 Å². The lowest BCUT2D eigenvalue weighted by Gasteiger charge is -2.09. The van der Waals surface area contributed by atoms with Crippen LogP contribution in [0.15, 0.2) is 18.2 Å². The first-order valence-corrected chi connectivity index (χ1v) is 9.35. The topological polar surface area (TPSA) is 90.2 Å². The van der Waals surface area contributed by atoms with E-state index in [0.29, 0.717) is 5.75 Å². The second kappa shape index (κ2) is 6.66. The second-order valence-electron chi connectivity index (χ2n) is 6.45. The number of H-pyrrole nitrogens is 1. The van der Waals surface area contributed by atoms with Gasteiger partial charge in [0, 0.05) is 23.1 Å². The van der Waals surface area contributed by atoms with E-state index in [1.54, 1.807) is 18.7 Å². The fourth-order valence-electron chi connectivity index (χ4n) is 2.96. The molecule has 0 unspecified atom stereocenters. The first kappa shape index (κ1) is 17.5. The molecule has 0 aliphatic heterocycles. The van der Waals surface area contributed by atoms with Crippen LogP contribution in [0.25, 0.3) is 26.9 Å². The van der Waals surface area contributed by atoms with Crippen LogP contribution in [0, 0.1) is 6.92 Å². The van der Waals surface area contributed by atoms with Gasteiger partial charge in [-0.1, -0.05) is 25.2 Å². The molecule has 3 aromatic heterocycles. The molecular weight excluding hydrogens is 364 g/mol. The van der Waals surface area contributed by atoms with Gasteiger partial charge < -0.3 is 9.47 Å². The molecule has 8 nitrogen and oxygen atoms in total. The highest BCUT2D eigenvalue weighted by atomic mass is 32.1. The van der Waals surface area contributed by atoms with Crippen molar-refractivity contribution < 1.29 is 9.47 Å². The Labute approximate surface area is 160 Å². The number of benzene rings is 1. The molecular formula is C18H20N6O2S. The van der Waals surface area contributed by atoms with E-state index in [0.717, 1.165) is 44.1 Å². The monoisotopic (exact) mass is 384 g/mol. The molecule has 4 rings (SSSR count). The molecule has 3 heterocycles. The second-order valence-corrected chi connectivity index (χ2v) is 7.41. The minimum absolute atomic E-state index is 0.247. The summed E-state index contributed by atoms with van der Waals surface area (Å²) in [5.74, 6) is 2.54. The zero-order valence-corrected chi connectivity index (χ0v) is 16.6. The van der Waals surface area contributed by atoms with E-state index in [9.17, 15) is 0 Å². The summed E-state index contributed by atoms with van der Waals surface area (Å²) in [7, 11) is 3.27. The Balaban J connectivity index is 1.79. The van der Waals surface area contributed by atoms with Gasteiger partial charge in [-0.15, -0.1) is 10.2 Å². The molecule has 0 radical (unpaired) electrons. The van der Waals surface area contributed by atoms with Gasteiger partial charge in [-0.2, -0.15) is 14.7 Å². The summed E-state index contributed by atoms with van der Waals surface area (Å²) in [6, 6.07) is 5.69. The van der Waals surface area contributed by atoms with Crippen molar-refractivity contribution in [2.75, 3.05) is 14.2 Å². The number of fused-ring (bicyclic) bond motifs is 1. The number of hydrogen-bond acceptors (Lipinski definition) is 7.